The van der Waals surface area contributed by atoms with E-state index in [1.165, 1.54) is 6.33 Å². The van der Waals surface area contributed by atoms with E-state index in [1.54, 1.807) is 16.4 Å². The summed E-state index contributed by atoms with van der Waals surface area (Å²) in [5, 5.41) is 8.88. The standard InChI is InChI=1S/C11H16N4O3/c1-7(16)14-4-2-8(3-5-14)15-6-13-9(10(15)12)11(17)18/h6,8H,2-5,12H2,1H3,(H,17,18). The Morgan fingerprint density at radius 3 is 2.50 bits per heavy atom. The minimum Gasteiger partial charge on any atom is -0.476 e. The molecule has 1 aliphatic heterocycles. The fraction of sp³-hybridized carbons (Fsp3) is 0.545. The first-order valence-corrected chi connectivity index (χ1v) is 5.81. The van der Waals surface area contributed by atoms with Crippen LogP contribution in [0.2, 0.25) is 0 Å². The van der Waals surface area contributed by atoms with E-state index in [-0.39, 0.29) is 23.5 Å². The number of hydrogen-bond acceptors (Lipinski definition) is 4. The van der Waals surface area contributed by atoms with Gasteiger partial charge in [-0.05, 0) is 12.8 Å². The van der Waals surface area contributed by atoms with Crippen LogP contribution in [0.25, 0.3) is 0 Å². The van der Waals surface area contributed by atoms with Crippen molar-refractivity contribution in [3.63, 3.8) is 0 Å². The summed E-state index contributed by atoms with van der Waals surface area (Å²) in [6, 6.07) is 0.112. The number of carboxylic acids is 1. The summed E-state index contributed by atoms with van der Waals surface area (Å²) in [5.41, 5.74) is 5.66. The number of imidazole rings is 1. The summed E-state index contributed by atoms with van der Waals surface area (Å²) in [5.74, 6) is -0.866. The first-order chi connectivity index (χ1) is 8.50. The number of nitrogens with two attached hydrogens (primary N) is 1. The van der Waals surface area contributed by atoms with Crippen molar-refractivity contribution < 1.29 is 14.7 Å². The summed E-state index contributed by atoms with van der Waals surface area (Å²) in [4.78, 5) is 27.6. The van der Waals surface area contributed by atoms with Crippen LogP contribution in [0.3, 0.4) is 0 Å². The zero-order valence-corrected chi connectivity index (χ0v) is 10.2. The summed E-state index contributed by atoms with van der Waals surface area (Å²) >= 11 is 0. The summed E-state index contributed by atoms with van der Waals surface area (Å²) in [6.07, 6.45) is 2.99. The van der Waals surface area contributed by atoms with Crippen molar-refractivity contribution in [1.29, 1.82) is 0 Å². The van der Waals surface area contributed by atoms with Gasteiger partial charge in [-0.25, -0.2) is 9.78 Å². The maximum absolute atomic E-state index is 11.2. The second-order valence-electron chi connectivity index (χ2n) is 4.43. The first kappa shape index (κ1) is 12.4. The number of carbonyl (C=O) groups is 2. The predicted octanol–water partition coefficient (Wildman–Crippen LogP) is 0.347. The Balaban J connectivity index is 2.10. The van der Waals surface area contributed by atoms with Crippen LogP contribution in [0.1, 0.15) is 36.3 Å². The number of aromatic nitrogens is 2. The number of nitrogen functional groups attached to an aromatic ring is 1. The molecule has 2 heterocycles. The van der Waals surface area contributed by atoms with E-state index in [2.05, 4.69) is 4.98 Å². The SMILES string of the molecule is CC(=O)N1CCC(n2cnc(C(=O)O)c2N)CC1. The molecule has 0 radical (unpaired) electrons. The van der Waals surface area contributed by atoms with Crippen LogP contribution >= 0.6 is 0 Å². The van der Waals surface area contributed by atoms with Gasteiger partial charge in [-0.3, -0.25) is 4.79 Å². The van der Waals surface area contributed by atoms with Crippen LogP contribution in [-0.2, 0) is 4.79 Å². The second-order valence-corrected chi connectivity index (χ2v) is 4.43. The molecule has 0 aromatic carbocycles. The third kappa shape index (κ3) is 2.15. The molecule has 2 rings (SSSR count). The Bertz CT molecular complexity index is 475. The molecule has 1 aromatic rings. The van der Waals surface area contributed by atoms with Crippen LogP contribution in [0.4, 0.5) is 5.82 Å². The van der Waals surface area contributed by atoms with Gasteiger partial charge in [0.25, 0.3) is 0 Å². The molecule has 98 valence electrons. The van der Waals surface area contributed by atoms with Crippen LogP contribution in [0.5, 0.6) is 0 Å². The van der Waals surface area contributed by atoms with Crippen molar-refractivity contribution in [3.8, 4) is 0 Å². The number of anilines is 1. The van der Waals surface area contributed by atoms with Crippen molar-refractivity contribution in [2.24, 2.45) is 0 Å². The number of likely N-dealkylation sites (tertiary alicyclic amines) is 1. The van der Waals surface area contributed by atoms with Gasteiger partial charge in [0.2, 0.25) is 5.91 Å². The highest BCUT2D eigenvalue weighted by atomic mass is 16.4. The smallest absolute Gasteiger partial charge is 0.358 e. The van der Waals surface area contributed by atoms with Gasteiger partial charge >= 0.3 is 5.97 Å². The third-order valence-corrected chi connectivity index (χ3v) is 3.34. The van der Waals surface area contributed by atoms with E-state index < -0.39 is 5.97 Å². The van der Waals surface area contributed by atoms with E-state index >= 15 is 0 Å². The Labute approximate surface area is 104 Å². The molecule has 1 fully saturated rings. The molecule has 1 aliphatic rings. The number of carboxylic acid groups (broad SMARTS) is 1. The average molecular weight is 252 g/mol. The maximum Gasteiger partial charge on any atom is 0.358 e. The number of amides is 1. The molecule has 3 N–H and O–H groups in total. The van der Waals surface area contributed by atoms with Gasteiger partial charge < -0.3 is 20.3 Å². The summed E-state index contributed by atoms with van der Waals surface area (Å²) in [6.45, 7) is 2.88. The fourth-order valence-corrected chi connectivity index (χ4v) is 2.29. The van der Waals surface area contributed by atoms with E-state index in [0.717, 1.165) is 12.8 Å². The van der Waals surface area contributed by atoms with Gasteiger partial charge in [0.15, 0.2) is 5.69 Å². The molecule has 0 bridgehead atoms. The molecule has 0 atom stereocenters. The number of nitrogens with zero attached hydrogens (tertiary/aromatic N) is 3. The summed E-state index contributed by atoms with van der Waals surface area (Å²) < 4.78 is 1.70. The van der Waals surface area contributed by atoms with Gasteiger partial charge in [0.1, 0.15) is 5.82 Å². The number of aromatic carboxylic acids is 1. The third-order valence-electron chi connectivity index (χ3n) is 3.34. The molecule has 1 amide bonds. The van der Waals surface area contributed by atoms with Gasteiger partial charge in [-0.15, -0.1) is 0 Å². The molecule has 0 spiro atoms. The quantitative estimate of drug-likeness (QED) is 0.790. The van der Waals surface area contributed by atoms with Crippen LogP contribution in [0.15, 0.2) is 6.33 Å². The Morgan fingerprint density at radius 1 is 1.44 bits per heavy atom. The molecule has 1 saturated heterocycles. The van der Waals surface area contributed by atoms with Crippen molar-refractivity contribution in [2.75, 3.05) is 18.8 Å². The predicted molar refractivity (Wildman–Crippen MR) is 64.1 cm³/mol. The highest BCUT2D eigenvalue weighted by Crippen LogP contribution is 2.26. The van der Waals surface area contributed by atoms with Gasteiger partial charge in [-0.2, -0.15) is 0 Å². The minimum absolute atomic E-state index is 0.0679. The normalized spacial score (nSPS) is 16.8. The fourth-order valence-electron chi connectivity index (χ4n) is 2.29. The molecular formula is C11H16N4O3. The zero-order valence-electron chi connectivity index (χ0n) is 10.2. The highest BCUT2D eigenvalue weighted by molar-refractivity contribution is 5.90. The van der Waals surface area contributed by atoms with E-state index in [4.69, 9.17) is 10.8 Å². The lowest BCUT2D eigenvalue weighted by molar-refractivity contribution is -0.130. The maximum atomic E-state index is 11.2. The number of piperidine rings is 1. The van der Waals surface area contributed by atoms with Crippen LogP contribution in [-0.4, -0.2) is 44.5 Å². The van der Waals surface area contributed by atoms with Crippen molar-refractivity contribution in [3.05, 3.63) is 12.0 Å². The lowest BCUT2D eigenvalue weighted by Crippen LogP contribution is -2.37. The van der Waals surface area contributed by atoms with Crippen molar-refractivity contribution in [1.82, 2.24) is 14.5 Å². The Kier molecular flexibility index (Phi) is 3.22. The van der Waals surface area contributed by atoms with Crippen LogP contribution in [0, 0.1) is 0 Å². The highest BCUT2D eigenvalue weighted by Gasteiger charge is 2.25. The molecule has 0 saturated carbocycles. The van der Waals surface area contributed by atoms with E-state index in [1.807, 2.05) is 0 Å². The molecule has 0 unspecified atom stereocenters. The van der Waals surface area contributed by atoms with Crippen molar-refractivity contribution in [2.45, 2.75) is 25.8 Å². The first-order valence-electron chi connectivity index (χ1n) is 5.81. The molecular weight excluding hydrogens is 236 g/mol. The zero-order chi connectivity index (χ0) is 13.3. The van der Waals surface area contributed by atoms with E-state index in [0.29, 0.717) is 13.1 Å². The second kappa shape index (κ2) is 4.67. The molecule has 0 aliphatic carbocycles. The largest absolute Gasteiger partial charge is 0.476 e. The Hall–Kier alpha value is -2.05. The van der Waals surface area contributed by atoms with Crippen molar-refractivity contribution >= 4 is 17.7 Å². The monoisotopic (exact) mass is 252 g/mol. The van der Waals surface area contributed by atoms with Gasteiger partial charge in [0.05, 0.1) is 6.33 Å². The number of rotatable bonds is 2. The molecule has 7 heteroatoms. The molecule has 1 aromatic heterocycles. The molecule has 18 heavy (non-hydrogen) atoms. The van der Waals surface area contributed by atoms with Gasteiger partial charge in [-0.1, -0.05) is 0 Å². The molecule has 7 nitrogen and oxygen atoms in total. The topological polar surface area (TPSA) is 101 Å². The van der Waals surface area contributed by atoms with Crippen LogP contribution < -0.4 is 5.73 Å². The minimum atomic E-state index is -1.12. The number of hydrogen-bond donors (Lipinski definition) is 2. The van der Waals surface area contributed by atoms with E-state index in [9.17, 15) is 9.59 Å². The van der Waals surface area contributed by atoms with Gasteiger partial charge in [0, 0.05) is 26.1 Å². The lowest BCUT2D eigenvalue weighted by atomic mass is 10.0. The number of carbonyl (C=O) groups excluding carboxylic acids is 1. The Morgan fingerprint density at radius 2 is 2.06 bits per heavy atom. The summed E-state index contributed by atoms with van der Waals surface area (Å²) in [7, 11) is 0. The average Bonchev–Trinajstić information content (AvgIpc) is 2.71. The lowest BCUT2D eigenvalue weighted by Gasteiger charge is -2.32.